The van der Waals surface area contributed by atoms with Gasteiger partial charge in [0.1, 0.15) is 0 Å². The molecule has 31 heavy (non-hydrogen) atoms. The summed E-state index contributed by atoms with van der Waals surface area (Å²) < 4.78 is 13.3. The van der Waals surface area contributed by atoms with E-state index in [0.29, 0.717) is 40.9 Å². The first-order chi connectivity index (χ1) is 14.7. The molecule has 4 heteroatoms. The van der Waals surface area contributed by atoms with Crippen molar-refractivity contribution in [2.24, 2.45) is 52.3 Å². The van der Waals surface area contributed by atoms with E-state index in [2.05, 4.69) is 27.7 Å². The van der Waals surface area contributed by atoms with Gasteiger partial charge in [0, 0.05) is 29.4 Å². The number of aliphatic hydroxyl groups is 1. The van der Waals surface area contributed by atoms with Gasteiger partial charge >= 0.3 is 0 Å². The van der Waals surface area contributed by atoms with Crippen LogP contribution < -0.4 is 0 Å². The van der Waals surface area contributed by atoms with Gasteiger partial charge in [0.2, 0.25) is 0 Å². The van der Waals surface area contributed by atoms with Crippen LogP contribution in [0, 0.1) is 57.7 Å². The molecule has 2 heterocycles. The van der Waals surface area contributed by atoms with E-state index in [0.717, 1.165) is 56.8 Å². The SMILES string of the molecule is C[C@@H]1CC[C@@]2(OC1)OC1CC3C4CCC5C[C@@H](O)CC[C@]5(C)C4CC(=N)[C@]3(C)C1[C@@H]2C. The van der Waals surface area contributed by atoms with Crippen molar-refractivity contribution in [3.05, 3.63) is 0 Å². The Kier molecular flexibility index (Phi) is 4.62. The first-order valence-electron chi connectivity index (χ1n) is 13.3. The summed E-state index contributed by atoms with van der Waals surface area (Å²) in [7, 11) is 0. The normalized spacial score (nSPS) is 60.9. The Hall–Kier alpha value is -0.450. The molecule has 4 aliphatic carbocycles. The molecule has 2 aliphatic heterocycles. The molecular formula is C27H43NO3. The van der Waals surface area contributed by atoms with Crippen molar-refractivity contribution in [2.75, 3.05) is 6.61 Å². The maximum absolute atomic E-state index is 10.3. The van der Waals surface area contributed by atoms with E-state index in [-0.39, 0.29) is 17.6 Å². The summed E-state index contributed by atoms with van der Waals surface area (Å²) in [5.74, 6) is 3.61. The van der Waals surface area contributed by atoms with Crippen LogP contribution >= 0.6 is 0 Å². The van der Waals surface area contributed by atoms with Gasteiger partial charge in [-0.3, -0.25) is 0 Å². The zero-order valence-corrected chi connectivity index (χ0v) is 20.0. The van der Waals surface area contributed by atoms with Crippen LogP contribution in [0.5, 0.6) is 0 Å². The highest BCUT2D eigenvalue weighted by atomic mass is 16.7. The van der Waals surface area contributed by atoms with Crippen LogP contribution in [0.1, 0.15) is 85.5 Å². The van der Waals surface area contributed by atoms with Gasteiger partial charge in [-0.15, -0.1) is 0 Å². The first kappa shape index (κ1) is 21.1. The number of fused-ring (bicyclic) bond motifs is 7. The van der Waals surface area contributed by atoms with Gasteiger partial charge in [-0.25, -0.2) is 0 Å². The number of hydrogen-bond donors (Lipinski definition) is 2. The third kappa shape index (κ3) is 2.68. The van der Waals surface area contributed by atoms with Crippen molar-refractivity contribution in [3.8, 4) is 0 Å². The van der Waals surface area contributed by atoms with Gasteiger partial charge < -0.3 is 20.0 Å². The summed E-state index contributed by atoms with van der Waals surface area (Å²) in [4.78, 5) is 0. The van der Waals surface area contributed by atoms with E-state index in [9.17, 15) is 10.5 Å². The molecule has 0 aromatic rings. The summed E-state index contributed by atoms with van der Waals surface area (Å²) in [6, 6.07) is 0. The molecule has 2 saturated heterocycles. The van der Waals surface area contributed by atoms with Crippen LogP contribution in [-0.4, -0.2) is 35.4 Å². The van der Waals surface area contributed by atoms with E-state index < -0.39 is 5.79 Å². The van der Waals surface area contributed by atoms with Crippen LogP contribution in [0.2, 0.25) is 0 Å². The Morgan fingerprint density at radius 3 is 2.55 bits per heavy atom. The van der Waals surface area contributed by atoms with Gasteiger partial charge in [0.05, 0.1) is 18.8 Å². The molecule has 6 fully saturated rings. The van der Waals surface area contributed by atoms with Crippen LogP contribution in [-0.2, 0) is 9.47 Å². The third-order valence-electron chi connectivity index (χ3n) is 11.8. The highest BCUT2D eigenvalue weighted by Gasteiger charge is 2.70. The predicted octanol–water partition coefficient (Wildman–Crippen LogP) is 5.42. The minimum Gasteiger partial charge on any atom is -0.393 e. The van der Waals surface area contributed by atoms with E-state index in [1.807, 2.05) is 0 Å². The standard InChI is InChI=1S/C27H43NO3/c1-15-7-10-27(30-14-15)16(2)24-22(31-27)12-21-19-6-5-17-11-18(29)8-9-25(17,3)20(19)13-23(28)26(21,24)4/h15-22,24,28-29H,5-14H2,1-4H3/t15-,16+,17?,18+,19?,20?,21?,22?,24?,25+,26-,27-/m1/s1. The number of hydrogen-bond acceptors (Lipinski definition) is 4. The Balaban J connectivity index is 1.30. The second-order valence-electron chi connectivity index (χ2n) is 13.0. The van der Waals surface area contributed by atoms with Crippen LogP contribution in [0.4, 0.5) is 0 Å². The van der Waals surface area contributed by atoms with E-state index >= 15 is 0 Å². The quantitative estimate of drug-likeness (QED) is 0.540. The second kappa shape index (κ2) is 6.79. The number of aliphatic hydroxyl groups excluding tert-OH is 1. The molecule has 6 rings (SSSR count). The summed E-state index contributed by atoms with van der Waals surface area (Å²) >= 11 is 0. The molecule has 0 radical (unpaired) electrons. The Morgan fingerprint density at radius 2 is 1.81 bits per heavy atom. The molecule has 0 bridgehead atoms. The van der Waals surface area contributed by atoms with Crippen molar-refractivity contribution in [2.45, 2.75) is 103 Å². The molecule has 0 aromatic carbocycles. The molecule has 1 spiro atoms. The maximum atomic E-state index is 10.3. The topological polar surface area (TPSA) is 62.5 Å². The molecule has 12 atom stereocenters. The minimum atomic E-state index is -0.393. The molecule has 0 amide bonds. The Morgan fingerprint density at radius 1 is 1.00 bits per heavy atom. The molecule has 0 aromatic heterocycles. The zero-order valence-electron chi connectivity index (χ0n) is 20.0. The van der Waals surface area contributed by atoms with E-state index in [1.54, 1.807) is 0 Å². The average molecular weight is 430 g/mol. The largest absolute Gasteiger partial charge is 0.393 e. The molecule has 6 unspecified atom stereocenters. The van der Waals surface area contributed by atoms with Gasteiger partial charge in [0.25, 0.3) is 0 Å². The van der Waals surface area contributed by atoms with E-state index in [1.165, 1.54) is 19.3 Å². The lowest BCUT2D eigenvalue weighted by Crippen LogP contribution is -2.58. The van der Waals surface area contributed by atoms with Gasteiger partial charge in [-0.1, -0.05) is 27.7 Å². The summed E-state index contributed by atoms with van der Waals surface area (Å²) in [5.41, 5.74) is 1.29. The van der Waals surface area contributed by atoms with Crippen molar-refractivity contribution in [1.82, 2.24) is 0 Å². The van der Waals surface area contributed by atoms with Crippen molar-refractivity contribution in [3.63, 3.8) is 0 Å². The monoisotopic (exact) mass is 429 g/mol. The average Bonchev–Trinajstić information content (AvgIpc) is 3.18. The van der Waals surface area contributed by atoms with Gasteiger partial charge in [-0.2, -0.15) is 0 Å². The molecule has 6 aliphatic rings. The Bertz CT molecular complexity index is 760. The fourth-order valence-corrected chi connectivity index (χ4v) is 9.98. The molecule has 2 N–H and O–H groups in total. The minimum absolute atomic E-state index is 0.0292. The molecule has 174 valence electrons. The van der Waals surface area contributed by atoms with E-state index in [4.69, 9.17) is 9.47 Å². The smallest absolute Gasteiger partial charge is 0.171 e. The first-order valence-corrected chi connectivity index (χ1v) is 13.3. The molecular weight excluding hydrogens is 386 g/mol. The second-order valence-corrected chi connectivity index (χ2v) is 13.0. The van der Waals surface area contributed by atoms with Crippen molar-refractivity contribution < 1.29 is 14.6 Å². The summed E-state index contributed by atoms with van der Waals surface area (Å²) in [6.07, 6.45) is 10.1. The lowest BCUT2D eigenvalue weighted by molar-refractivity contribution is -0.272. The summed E-state index contributed by atoms with van der Waals surface area (Å²) in [6.45, 7) is 10.4. The van der Waals surface area contributed by atoms with Crippen molar-refractivity contribution >= 4 is 5.71 Å². The third-order valence-corrected chi connectivity index (χ3v) is 11.8. The van der Waals surface area contributed by atoms with Crippen molar-refractivity contribution in [1.29, 1.82) is 5.41 Å². The number of nitrogens with one attached hydrogen (secondary N) is 1. The maximum Gasteiger partial charge on any atom is 0.171 e. The number of ether oxygens (including phenoxy) is 2. The summed E-state index contributed by atoms with van der Waals surface area (Å²) in [5, 5.41) is 19.7. The van der Waals surface area contributed by atoms with Gasteiger partial charge in [0.15, 0.2) is 5.79 Å². The fraction of sp³-hybridized carbons (Fsp3) is 0.963. The highest BCUT2D eigenvalue weighted by Crippen LogP contribution is 2.70. The Labute approximate surface area is 188 Å². The van der Waals surface area contributed by atoms with Crippen LogP contribution in [0.25, 0.3) is 0 Å². The van der Waals surface area contributed by atoms with Crippen LogP contribution in [0.3, 0.4) is 0 Å². The highest BCUT2D eigenvalue weighted by molar-refractivity contribution is 5.89. The van der Waals surface area contributed by atoms with Gasteiger partial charge in [-0.05, 0) is 86.4 Å². The fourth-order valence-electron chi connectivity index (χ4n) is 9.98. The van der Waals surface area contributed by atoms with Crippen LogP contribution in [0.15, 0.2) is 0 Å². The molecule has 4 saturated carbocycles. The predicted molar refractivity (Wildman–Crippen MR) is 121 cm³/mol. The zero-order chi connectivity index (χ0) is 21.8. The molecule has 4 nitrogen and oxygen atoms in total. The lowest BCUT2D eigenvalue weighted by Gasteiger charge is -2.61. The number of rotatable bonds is 0. The lowest BCUT2D eigenvalue weighted by atomic mass is 9.44.